The van der Waals surface area contributed by atoms with Crippen LogP contribution < -0.4 is 69.3 Å². The van der Waals surface area contributed by atoms with E-state index >= 15 is 0 Å². The van der Waals surface area contributed by atoms with E-state index in [0.717, 1.165) is 6.07 Å². The fourth-order valence-corrected chi connectivity index (χ4v) is 1.82. The average Bonchev–Trinajstić information content (AvgIpc) is 2.13. The quantitative estimate of drug-likeness (QED) is 0.392. The van der Waals surface area contributed by atoms with Crippen LogP contribution in [-0.2, 0) is 15.8 Å². The van der Waals surface area contributed by atoms with E-state index < -0.39 is 35.2 Å². The molecule has 0 N–H and O–H groups in total. The van der Waals surface area contributed by atoms with Gasteiger partial charge >= 0.3 is 65.3 Å². The number of benzene rings is 1. The van der Waals surface area contributed by atoms with Crippen molar-refractivity contribution in [1.82, 2.24) is 0 Å². The van der Waals surface area contributed by atoms with E-state index in [4.69, 9.17) is 0 Å². The molecule has 4 nitrogen and oxygen atoms in total. The van der Waals surface area contributed by atoms with Gasteiger partial charge in [0.05, 0.1) is 23.4 Å². The Morgan fingerprint density at radius 1 is 1.05 bits per heavy atom. The summed E-state index contributed by atoms with van der Waals surface area (Å²) >= 11 is 2.75. The normalized spacial score (nSPS) is 10.4. The SMILES string of the molecule is O=C([O-])C(C(=O)[O-])c1cc(Br)cc(C(F)(F)F)c1.[Na+].[Na+]. The van der Waals surface area contributed by atoms with Crippen molar-refractivity contribution in [3.63, 3.8) is 0 Å². The minimum Gasteiger partial charge on any atom is -0.549 e. The molecular weight excluding hydrogens is 367 g/mol. The molecule has 0 aliphatic heterocycles. The van der Waals surface area contributed by atoms with Crippen LogP contribution in [0.1, 0.15) is 17.0 Å². The third-order valence-corrected chi connectivity index (χ3v) is 2.51. The number of alkyl halides is 3. The molecule has 10 heteroatoms. The van der Waals surface area contributed by atoms with Gasteiger partial charge in [-0.05, 0) is 23.8 Å². The molecule has 98 valence electrons. The van der Waals surface area contributed by atoms with E-state index in [0.29, 0.717) is 12.1 Å². The summed E-state index contributed by atoms with van der Waals surface area (Å²) in [4.78, 5) is 21.2. The van der Waals surface area contributed by atoms with Gasteiger partial charge in [-0.25, -0.2) is 0 Å². The summed E-state index contributed by atoms with van der Waals surface area (Å²) in [7, 11) is 0. The number of aliphatic carboxylic acids is 2. The molecule has 0 fully saturated rings. The molecule has 0 radical (unpaired) electrons. The van der Waals surface area contributed by atoms with Gasteiger partial charge in [0.2, 0.25) is 0 Å². The summed E-state index contributed by atoms with van der Waals surface area (Å²) in [6.45, 7) is 0. The van der Waals surface area contributed by atoms with Crippen LogP contribution in [0.3, 0.4) is 0 Å². The minimum atomic E-state index is -4.72. The van der Waals surface area contributed by atoms with Gasteiger partial charge in [0.25, 0.3) is 0 Å². The molecule has 0 bridgehead atoms. The topological polar surface area (TPSA) is 80.3 Å². The Morgan fingerprint density at radius 3 is 1.85 bits per heavy atom. The van der Waals surface area contributed by atoms with Crippen molar-refractivity contribution in [3.05, 3.63) is 33.8 Å². The molecule has 0 heterocycles. The number of carboxylic acids is 2. The van der Waals surface area contributed by atoms with E-state index in [1.54, 1.807) is 0 Å². The Balaban J connectivity index is 0. The monoisotopic (exact) mass is 370 g/mol. The second-order valence-corrected chi connectivity index (χ2v) is 4.26. The van der Waals surface area contributed by atoms with Crippen molar-refractivity contribution in [1.29, 1.82) is 0 Å². The summed E-state index contributed by atoms with van der Waals surface area (Å²) in [5.74, 6) is -6.34. The Kier molecular flexibility index (Phi) is 9.96. The molecule has 0 atom stereocenters. The van der Waals surface area contributed by atoms with Gasteiger partial charge in [0, 0.05) is 4.47 Å². The number of carbonyl (C=O) groups is 2. The van der Waals surface area contributed by atoms with Crippen LogP contribution in [0.4, 0.5) is 13.2 Å². The molecule has 1 aromatic carbocycles. The van der Waals surface area contributed by atoms with Crippen LogP contribution >= 0.6 is 15.9 Å². The Hall–Kier alpha value is 0.430. The number of hydrogen-bond donors (Lipinski definition) is 0. The smallest absolute Gasteiger partial charge is 0.549 e. The van der Waals surface area contributed by atoms with Crippen molar-refractivity contribution < 1.29 is 92.1 Å². The zero-order valence-corrected chi connectivity index (χ0v) is 16.0. The third-order valence-electron chi connectivity index (χ3n) is 2.05. The van der Waals surface area contributed by atoms with Crippen molar-refractivity contribution in [2.45, 2.75) is 12.1 Å². The fraction of sp³-hybridized carbons (Fsp3) is 0.200. The predicted molar refractivity (Wildman–Crippen MR) is 51.9 cm³/mol. The molecule has 0 aliphatic carbocycles. The van der Waals surface area contributed by atoms with Crippen molar-refractivity contribution in [2.24, 2.45) is 0 Å². The first-order valence-electron chi connectivity index (χ1n) is 4.42. The van der Waals surface area contributed by atoms with Crippen LogP contribution in [0.15, 0.2) is 22.7 Å². The second kappa shape index (κ2) is 8.77. The van der Waals surface area contributed by atoms with Gasteiger partial charge in [-0.2, -0.15) is 13.2 Å². The maximum Gasteiger partial charge on any atom is 1.00 e. The number of hydrogen-bond acceptors (Lipinski definition) is 4. The van der Waals surface area contributed by atoms with Crippen LogP contribution in [0.2, 0.25) is 0 Å². The first-order valence-corrected chi connectivity index (χ1v) is 5.21. The molecule has 1 rings (SSSR count). The Bertz CT molecular complexity index is 494. The maximum atomic E-state index is 12.5. The number of rotatable bonds is 3. The maximum absolute atomic E-state index is 12.5. The van der Waals surface area contributed by atoms with Crippen molar-refractivity contribution in [3.8, 4) is 0 Å². The zero-order valence-electron chi connectivity index (χ0n) is 10.5. The van der Waals surface area contributed by atoms with E-state index in [1.807, 2.05) is 0 Å². The Morgan fingerprint density at radius 2 is 1.50 bits per heavy atom. The molecule has 0 aromatic heterocycles. The van der Waals surface area contributed by atoms with E-state index in [1.165, 1.54) is 0 Å². The summed E-state index contributed by atoms with van der Waals surface area (Å²) in [6, 6.07) is 2.08. The van der Waals surface area contributed by atoms with E-state index in [2.05, 4.69) is 15.9 Å². The number of carbonyl (C=O) groups excluding carboxylic acids is 2. The van der Waals surface area contributed by atoms with Crippen molar-refractivity contribution in [2.75, 3.05) is 0 Å². The molecule has 0 amide bonds. The van der Waals surface area contributed by atoms with E-state index in [9.17, 15) is 33.0 Å². The summed E-state index contributed by atoms with van der Waals surface area (Å²) in [5.41, 5.74) is -1.74. The summed E-state index contributed by atoms with van der Waals surface area (Å²) in [5, 5.41) is 21.2. The Labute approximate surface area is 164 Å². The fourth-order valence-electron chi connectivity index (χ4n) is 1.31. The predicted octanol–water partition coefficient (Wildman–Crippen LogP) is -5.94. The molecule has 0 spiro atoms. The van der Waals surface area contributed by atoms with Crippen LogP contribution in [0.5, 0.6) is 0 Å². The summed E-state index contributed by atoms with van der Waals surface area (Å²) in [6.07, 6.45) is -4.72. The molecule has 0 unspecified atom stereocenters. The van der Waals surface area contributed by atoms with Gasteiger partial charge in [0.1, 0.15) is 0 Å². The van der Waals surface area contributed by atoms with Gasteiger partial charge in [0.15, 0.2) is 0 Å². The van der Waals surface area contributed by atoms with Gasteiger partial charge in [-0.3, -0.25) is 0 Å². The van der Waals surface area contributed by atoms with Crippen LogP contribution in [0, 0.1) is 0 Å². The van der Waals surface area contributed by atoms with Gasteiger partial charge < -0.3 is 19.8 Å². The number of halogens is 4. The molecule has 0 saturated carbocycles. The summed E-state index contributed by atoms with van der Waals surface area (Å²) < 4.78 is 37.3. The average molecular weight is 371 g/mol. The zero-order chi connectivity index (χ0) is 14.1. The van der Waals surface area contributed by atoms with Gasteiger partial charge in [-0.15, -0.1) is 0 Å². The molecule has 0 aliphatic rings. The molecular formula is C10H4BrF3Na2O4. The van der Waals surface area contributed by atoms with E-state index in [-0.39, 0.29) is 63.6 Å². The third kappa shape index (κ3) is 6.05. The van der Waals surface area contributed by atoms with Gasteiger partial charge in [-0.1, -0.05) is 15.9 Å². The molecule has 0 saturated heterocycles. The first-order chi connectivity index (χ1) is 8.12. The molecule has 20 heavy (non-hydrogen) atoms. The minimum absolute atomic E-state index is 0. The van der Waals surface area contributed by atoms with Crippen molar-refractivity contribution >= 4 is 27.9 Å². The van der Waals surface area contributed by atoms with Crippen LogP contribution in [0.25, 0.3) is 0 Å². The standard InChI is InChI=1S/C10H6BrF3O4.2Na/c11-6-2-4(7(8(15)16)9(17)18)1-5(3-6)10(12,13)14;;/h1-3,7H,(H,15,16)(H,17,18);;/q;2*+1/p-2. The first kappa shape index (κ1) is 22.7. The molecule has 1 aromatic rings. The largest absolute Gasteiger partial charge is 1.00 e. The van der Waals surface area contributed by atoms with Crippen LogP contribution in [-0.4, -0.2) is 11.9 Å². The number of carboxylic acid groups (broad SMARTS) is 2. The second-order valence-electron chi connectivity index (χ2n) is 3.34.